The minimum absolute atomic E-state index is 0.0445. The van der Waals surface area contributed by atoms with E-state index in [0.717, 1.165) is 6.42 Å². The number of allylic oxidation sites excluding steroid dienone is 1. The van der Waals surface area contributed by atoms with Crippen molar-refractivity contribution in [2.24, 2.45) is 4.99 Å². The van der Waals surface area contributed by atoms with Gasteiger partial charge in [-0.05, 0) is 40.0 Å². The number of amides is 1. The number of ether oxygens (including phenoxy) is 2. The second-order valence-electron chi connectivity index (χ2n) is 5.35. The molecule has 19 heavy (non-hydrogen) atoms. The van der Waals surface area contributed by atoms with E-state index < -0.39 is 5.60 Å². The second-order valence-corrected chi connectivity index (χ2v) is 5.35. The summed E-state index contributed by atoms with van der Waals surface area (Å²) < 4.78 is 10.8. The molecule has 1 heterocycles. The summed E-state index contributed by atoms with van der Waals surface area (Å²) in [6.07, 6.45) is 3.66. The number of rotatable bonds is 5. The van der Waals surface area contributed by atoms with Crippen molar-refractivity contribution in [2.45, 2.75) is 38.8 Å². The summed E-state index contributed by atoms with van der Waals surface area (Å²) in [6.45, 7) is 13.6. The zero-order valence-corrected chi connectivity index (χ0v) is 11.9. The normalized spacial score (nSPS) is 19.4. The van der Waals surface area contributed by atoms with Crippen LogP contribution in [-0.4, -0.2) is 42.5 Å². The predicted molar refractivity (Wildman–Crippen MR) is 75.1 cm³/mol. The van der Waals surface area contributed by atoms with Crippen molar-refractivity contribution in [1.29, 1.82) is 0 Å². The van der Waals surface area contributed by atoms with E-state index in [0.29, 0.717) is 18.9 Å². The maximum atomic E-state index is 11.9. The number of carbonyl (C=O) groups excluding carboxylic acids is 1. The monoisotopic (exact) mass is 266 g/mol. The summed E-state index contributed by atoms with van der Waals surface area (Å²) in [5, 5.41) is 0. The lowest BCUT2D eigenvalue weighted by Gasteiger charge is -2.41. The van der Waals surface area contributed by atoms with Crippen LogP contribution < -0.4 is 0 Å². The first-order valence-electron chi connectivity index (χ1n) is 6.28. The topological polar surface area (TPSA) is 51.1 Å². The Kier molecular flexibility index (Phi) is 5.15. The highest BCUT2D eigenvalue weighted by Gasteiger charge is 2.35. The van der Waals surface area contributed by atoms with Gasteiger partial charge in [-0.1, -0.05) is 6.58 Å². The summed E-state index contributed by atoms with van der Waals surface area (Å²) in [5.74, 6) is 0.547. The van der Waals surface area contributed by atoms with E-state index in [-0.39, 0.29) is 12.1 Å². The lowest BCUT2D eigenvalue weighted by molar-refractivity contribution is -0.0196. The molecule has 0 aromatic rings. The Morgan fingerprint density at radius 2 is 2.21 bits per heavy atom. The third kappa shape index (κ3) is 4.77. The van der Waals surface area contributed by atoms with Crippen LogP contribution in [0, 0.1) is 0 Å². The van der Waals surface area contributed by atoms with Gasteiger partial charge in [-0.3, -0.25) is 4.99 Å². The average molecular weight is 266 g/mol. The number of carbonyl (C=O) groups is 1. The van der Waals surface area contributed by atoms with Gasteiger partial charge < -0.3 is 14.4 Å². The Morgan fingerprint density at radius 3 is 2.63 bits per heavy atom. The standard InChI is InChI=1S/C14H22N2O3/c1-6-12(9-15-5)18-10-11-7-8-16(11)13(17)19-14(2,3)4/h6,9,11H,1,5,7-8,10H2,2-4H3. The largest absolute Gasteiger partial charge is 0.490 e. The fourth-order valence-electron chi connectivity index (χ4n) is 1.61. The first-order valence-corrected chi connectivity index (χ1v) is 6.28. The zero-order chi connectivity index (χ0) is 14.5. The van der Waals surface area contributed by atoms with Gasteiger partial charge in [-0.2, -0.15) is 0 Å². The van der Waals surface area contributed by atoms with E-state index in [4.69, 9.17) is 9.47 Å². The smallest absolute Gasteiger partial charge is 0.410 e. The second kappa shape index (κ2) is 6.41. The maximum Gasteiger partial charge on any atom is 0.410 e. The predicted octanol–water partition coefficient (Wildman–Crippen LogP) is 2.74. The fraction of sp³-hybridized carbons (Fsp3) is 0.571. The van der Waals surface area contributed by atoms with Crippen molar-refractivity contribution < 1.29 is 14.3 Å². The molecule has 1 aliphatic heterocycles. The van der Waals surface area contributed by atoms with Crippen LogP contribution >= 0.6 is 0 Å². The number of nitrogens with zero attached hydrogens (tertiary/aromatic N) is 2. The van der Waals surface area contributed by atoms with E-state index in [1.807, 2.05) is 20.8 Å². The Balaban J connectivity index is 2.44. The van der Waals surface area contributed by atoms with Gasteiger partial charge in [0.2, 0.25) is 0 Å². The molecular weight excluding hydrogens is 244 g/mol. The molecule has 1 fully saturated rings. The van der Waals surface area contributed by atoms with Crippen LogP contribution in [0.5, 0.6) is 0 Å². The number of likely N-dealkylation sites (tertiary alicyclic amines) is 1. The molecule has 5 heteroatoms. The van der Waals surface area contributed by atoms with Gasteiger partial charge in [0, 0.05) is 6.54 Å². The van der Waals surface area contributed by atoms with Gasteiger partial charge in [0.1, 0.15) is 18.0 Å². The number of hydrogen-bond acceptors (Lipinski definition) is 4. The molecule has 1 rings (SSSR count). The van der Waals surface area contributed by atoms with Crippen LogP contribution in [0.25, 0.3) is 0 Å². The van der Waals surface area contributed by atoms with Crippen molar-refractivity contribution in [3.05, 3.63) is 24.6 Å². The van der Waals surface area contributed by atoms with Gasteiger partial charge in [0.15, 0.2) is 0 Å². The highest BCUT2D eigenvalue weighted by molar-refractivity contribution is 5.69. The molecule has 0 saturated carbocycles. The van der Waals surface area contributed by atoms with E-state index in [1.54, 1.807) is 11.0 Å². The highest BCUT2D eigenvalue weighted by atomic mass is 16.6. The highest BCUT2D eigenvalue weighted by Crippen LogP contribution is 2.22. The molecule has 0 aromatic carbocycles. The first-order chi connectivity index (χ1) is 8.87. The Morgan fingerprint density at radius 1 is 1.53 bits per heavy atom. The molecule has 0 N–H and O–H groups in total. The summed E-state index contributed by atoms with van der Waals surface area (Å²) in [5.41, 5.74) is -0.475. The quantitative estimate of drug-likeness (QED) is 0.437. The minimum Gasteiger partial charge on any atom is -0.490 e. The van der Waals surface area contributed by atoms with E-state index in [1.165, 1.54) is 6.20 Å². The third-order valence-electron chi connectivity index (χ3n) is 2.63. The summed E-state index contributed by atoms with van der Waals surface area (Å²) >= 11 is 0. The first kappa shape index (κ1) is 15.3. The van der Waals surface area contributed by atoms with Crippen LogP contribution in [0.4, 0.5) is 4.79 Å². The maximum absolute atomic E-state index is 11.9. The lowest BCUT2D eigenvalue weighted by Crippen LogP contribution is -2.54. The molecule has 0 aromatic heterocycles. The van der Waals surface area contributed by atoms with Gasteiger partial charge >= 0.3 is 6.09 Å². The molecule has 5 nitrogen and oxygen atoms in total. The molecule has 0 aliphatic carbocycles. The van der Waals surface area contributed by atoms with Crippen LogP contribution in [-0.2, 0) is 9.47 Å². The van der Waals surface area contributed by atoms with Crippen LogP contribution in [0.3, 0.4) is 0 Å². The summed E-state index contributed by atoms with van der Waals surface area (Å²) in [6, 6.07) is 0.0445. The minimum atomic E-state index is -0.475. The molecule has 1 unspecified atom stereocenters. The van der Waals surface area contributed by atoms with Crippen molar-refractivity contribution in [3.8, 4) is 0 Å². The third-order valence-corrected chi connectivity index (χ3v) is 2.63. The van der Waals surface area contributed by atoms with Crippen LogP contribution in [0.15, 0.2) is 29.6 Å². The Labute approximate surface area is 114 Å². The Bertz CT molecular complexity index is 383. The molecular formula is C14H22N2O3. The number of aliphatic imine (C=N–C) groups is 1. The molecule has 1 atom stereocenters. The van der Waals surface area contributed by atoms with Gasteiger partial charge in [-0.25, -0.2) is 4.79 Å². The summed E-state index contributed by atoms with van der Waals surface area (Å²) in [4.78, 5) is 17.2. The molecule has 0 spiro atoms. The van der Waals surface area contributed by atoms with E-state index >= 15 is 0 Å². The van der Waals surface area contributed by atoms with Crippen molar-refractivity contribution >= 4 is 12.8 Å². The van der Waals surface area contributed by atoms with Crippen molar-refractivity contribution in [1.82, 2.24) is 4.90 Å². The van der Waals surface area contributed by atoms with Crippen molar-refractivity contribution in [3.63, 3.8) is 0 Å². The van der Waals surface area contributed by atoms with Crippen LogP contribution in [0.2, 0.25) is 0 Å². The summed E-state index contributed by atoms with van der Waals surface area (Å²) in [7, 11) is 0. The van der Waals surface area contributed by atoms with E-state index in [2.05, 4.69) is 18.3 Å². The van der Waals surface area contributed by atoms with Gasteiger partial charge in [-0.15, -0.1) is 0 Å². The number of hydrogen-bond donors (Lipinski definition) is 0. The lowest BCUT2D eigenvalue weighted by atomic mass is 10.1. The SMILES string of the molecule is C=CC(=CN=C)OCC1CCN1C(=O)OC(C)(C)C. The molecule has 0 radical (unpaired) electrons. The Hall–Kier alpha value is -1.78. The molecule has 1 saturated heterocycles. The van der Waals surface area contributed by atoms with Gasteiger partial charge in [0.05, 0.1) is 12.2 Å². The van der Waals surface area contributed by atoms with Crippen LogP contribution in [0.1, 0.15) is 27.2 Å². The molecule has 1 amide bonds. The zero-order valence-electron chi connectivity index (χ0n) is 11.9. The van der Waals surface area contributed by atoms with E-state index in [9.17, 15) is 4.79 Å². The average Bonchev–Trinajstić information content (AvgIpc) is 2.23. The fourth-order valence-corrected chi connectivity index (χ4v) is 1.61. The molecule has 106 valence electrons. The molecule has 1 aliphatic rings. The van der Waals surface area contributed by atoms with Gasteiger partial charge in [0.25, 0.3) is 0 Å². The molecule has 0 bridgehead atoms. The van der Waals surface area contributed by atoms with Crippen molar-refractivity contribution in [2.75, 3.05) is 13.2 Å².